The normalized spacial score (nSPS) is 27.4. The molecule has 0 aliphatic carbocycles. The minimum absolute atomic E-state index is 0.810. The van der Waals surface area contributed by atoms with Gasteiger partial charge in [-0.25, -0.2) is 0 Å². The number of methoxy groups -OCH3 is 1. The van der Waals surface area contributed by atoms with E-state index in [1.807, 2.05) is 18.2 Å². The third-order valence-electron chi connectivity index (χ3n) is 4.14. The Morgan fingerprint density at radius 1 is 1.33 bits per heavy atom. The lowest BCUT2D eigenvalue weighted by Crippen LogP contribution is -2.25. The molecule has 2 saturated heterocycles. The maximum atomic E-state index is 6.29. The number of ether oxygens (including phenoxy) is 1. The van der Waals surface area contributed by atoms with Crippen LogP contribution in [0.25, 0.3) is 0 Å². The molecule has 2 aliphatic rings. The molecule has 4 heteroatoms. The van der Waals surface area contributed by atoms with E-state index >= 15 is 0 Å². The summed E-state index contributed by atoms with van der Waals surface area (Å²) in [7, 11) is 1.71. The molecule has 0 aromatic heterocycles. The summed E-state index contributed by atoms with van der Waals surface area (Å²) >= 11 is 6.29. The highest BCUT2D eigenvalue weighted by molar-refractivity contribution is 6.31. The van der Waals surface area contributed by atoms with Crippen LogP contribution in [0, 0.1) is 11.8 Å². The molecule has 2 heterocycles. The van der Waals surface area contributed by atoms with E-state index < -0.39 is 0 Å². The van der Waals surface area contributed by atoms with Gasteiger partial charge in [-0.05, 0) is 37.1 Å². The Morgan fingerprint density at radius 3 is 2.72 bits per heavy atom. The molecule has 0 radical (unpaired) electrons. The monoisotopic (exact) mass is 266 g/mol. The predicted octanol–water partition coefficient (Wildman–Crippen LogP) is 2.00. The van der Waals surface area contributed by atoms with Crippen molar-refractivity contribution in [1.82, 2.24) is 10.2 Å². The number of fused-ring (bicyclic) bond motifs is 1. The fourth-order valence-electron chi connectivity index (χ4n) is 3.19. The second kappa shape index (κ2) is 5.08. The molecular formula is C14H19ClN2O. The Balaban J connectivity index is 1.73. The van der Waals surface area contributed by atoms with Crippen molar-refractivity contribution in [2.45, 2.75) is 6.54 Å². The van der Waals surface area contributed by atoms with Crippen molar-refractivity contribution in [3.05, 3.63) is 28.8 Å². The van der Waals surface area contributed by atoms with Crippen molar-refractivity contribution < 1.29 is 4.74 Å². The average molecular weight is 267 g/mol. The van der Waals surface area contributed by atoms with Crippen molar-refractivity contribution in [3.63, 3.8) is 0 Å². The molecule has 2 fully saturated rings. The van der Waals surface area contributed by atoms with E-state index in [1.54, 1.807) is 7.11 Å². The molecule has 0 unspecified atom stereocenters. The summed E-state index contributed by atoms with van der Waals surface area (Å²) in [6.45, 7) is 5.58. The van der Waals surface area contributed by atoms with E-state index in [0.29, 0.717) is 0 Å². The molecule has 0 amide bonds. The summed E-state index contributed by atoms with van der Waals surface area (Å²) in [6, 6.07) is 5.87. The molecule has 1 aromatic rings. The van der Waals surface area contributed by atoms with Crippen molar-refractivity contribution in [2.24, 2.45) is 11.8 Å². The summed E-state index contributed by atoms with van der Waals surface area (Å²) in [4.78, 5) is 2.50. The highest BCUT2D eigenvalue weighted by Crippen LogP contribution is 2.32. The minimum Gasteiger partial charge on any atom is -0.496 e. The summed E-state index contributed by atoms with van der Waals surface area (Å²) < 4.78 is 5.41. The van der Waals surface area contributed by atoms with Crippen LogP contribution < -0.4 is 10.1 Å². The lowest BCUT2D eigenvalue weighted by Gasteiger charge is -2.19. The number of hydrogen-bond acceptors (Lipinski definition) is 3. The van der Waals surface area contributed by atoms with Gasteiger partial charge in [0.25, 0.3) is 0 Å². The molecule has 0 bridgehead atoms. The summed E-state index contributed by atoms with van der Waals surface area (Å²) in [5.74, 6) is 2.54. The fraction of sp³-hybridized carbons (Fsp3) is 0.571. The first kappa shape index (κ1) is 12.3. The van der Waals surface area contributed by atoms with E-state index in [4.69, 9.17) is 16.3 Å². The zero-order valence-electron chi connectivity index (χ0n) is 10.7. The largest absolute Gasteiger partial charge is 0.496 e. The Morgan fingerprint density at radius 2 is 2.06 bits per heavy atom. The van der Waals surface area contributed by atoms with Crippen LogP contribution >= 0.6 is 11.6 Å². The number of nitrogens with zero attached hydrogens (tertiary/aromatic N) is 1. The van der Waals surface area contributed by atoms with Gasteiger partial charge >= 0.3 is 0 Å². The predicted molar refractivity (Wildman–Crippen MR) is 73.1 cm³/mol. The minimum atomic E-state index is 0.810. The molecule has 3 nitrogen and oxygen atoms in total. The van der Waals surface area contributed by atoms with E-state index in [9.17, 15) is 0 Å². The molecule has 1 N–H and O–H groups in total. The van der Waals surface area contributed by atoms with Crippen LogP contribution in [0.15, 0.2) is 18.2 Å². The van der Waals surface area contributed by atoms with Crippen molar-refractivity contribution >= 4 is 11.6 Å². The van der Waals surface area contributed by atoms with Gasteiger partial charge in [-0.2, -0.15) is 0 Å². The summed E-state index contributed by atoms with van der Waals surface area (Å²) in [5, 5.41) is 4.27. The molecule has 0 spiro atoms. The van der Waals surface area contributed by atoms with Crippen LogP contribution in [0.3, 0.4) is 0 Å². The molecule has 3 rings (SSSR count). The lowest BCUT2D eigenvalue weighted by molar-refractivity contribution is 0.298. The lowest BCUT2D eigenvalue weighted by atomic mass is 10.0. The van der Waals surface area contributed by atoms with Crippen molar-refractivity contribution in [2.75, 3.05) is 33.3 Å². The number of hydrogen-bond donors (Lipinski definition) is 1. The molecular weight excluding hydrogens is 248 g/mol. The van der Waals surface area contributed by atoms with Crippen molar-refractivity contribution in [3.8, 4) is 5.75 Å². The van der Waals surface area contributed by atoms with E-state index in [0.717, 1.165) is 34.7 Å². The molecule has 18 heavy (non-hydrogen) atoms. The Hall–Kier alpha value is -0.770. The van der Waals surface area contributed by atoms with Gasteiger partial charge in [-0.15, -0.1) is 0 Å². The highest BCUT2D eigenvalue weighted by atomic mass is 35.5. The van der Waals surface area contributed by atoms with Gasteiger partial charge in [0.1, 0.15) is 5.75 Å². The number of rotatable bonds is 3. The Bertz CT molecular complexity index is 426. The number of benzene rings is 1. The van der Waals surface area contributed by atoms with E-state index in [1.165, 1.54) is 26.2 Å². The van der Waals surface area contributed by atoms with Crippen LogP contribution in [0.1, 0.15) is 5.56 Å². The molecule has 1 aromatic carbocycles. The quantitative estimate of drug-likeness (QED) is 0.906. The van der Waals surface area contributed by atoms with Crippen molar-refractivity contribution in [1.29, 1.82) is 0 Å². The zero-order chi connectivity index (χ0) is 12.5. The van der Waals surface area contributed by atoms with Crippen LogP contribution in [0.5, 0.6) is 5.75 Å². The van der Waals surface area contributed by atoms with Crippen LogP contribution in [-0.2, 0) is 6.54 Å². The zero-order valence-corrected chi connectivity index (χ0v) is 11.4. The SMILES string of the molecule is COc1cccc(Cl)c1CN1C[C@H]2CNC[C@H]2C1. The van der Waals surface area contributed by atoms with Gasteiger partial charge in [0.05, 0.1) is 7.11 Å². The van der Waals surface area contributed by atoms with Gasteiger partial charge in [0.2, 0.25) is 0 Å². The number of nitrogens with one attached hydrogen (secondary N) is 1. The Labute approximate surface area is 113 Å². The van der Waals surface area contributed by atoms with Gasteiger partial charge in [0.15, 0.2) is 0 Å². The molecule has 0 saturated carbocycles. The average Bonchev–Trinajstić information content (AvgIpc) is 2.92. The van der Waals surface area contributed by atoms with Gasteiger partial charge < -0.3 is 10.1 Å². The number of halogens is 1. The van der Waals surface area contributed by atoms with Gasteiger partial charge in [-0.1, -0.05) is 17.7 Å². The second-order valence-electron chi connectivity index (χ2n) is 5.29. The fourth-order valence-corrected chi connectivity index (χ4v) is 3.41. The van der Waals surface area contributed by atoms with E-state index in [-0.39, 0.29) is 0 Å². The topological polar surface area (TPSA) is 24.5 Å². The van der Waals surface area contributed by atoms with Gasteiger partial charge in [0, 0.05) is 30.2 Å². The molecule has 98 valence electrons. The molecule has 2 atom stereocenters. The first-order chi connectivity index (χ1) is 8.78. The summed E-state index contributed by atoms with van der Waals surface area (Å²) in [5.41, 5.74) is 1.12. The smallest absolute Gasteiger partial charge is 0.124 e. The number of likely N-dealkylation sites (tertiary alicyclic amines) is 1. The van der Waals surface area contributed by atoms with Crippen LogP contribution in [-0.4, -0.2) is 38.2 Å². The Kier molecular flexibility index (Phi) is 3.46. The summed E-state index contributed by atoms with van der Waals surface area (Å²) in [6.07, 6.45) is 0. The maximum Gasteiger partial charge on any atom is 0.124 e. The maximum absolute atomic E-state index is 6.29. The van der Waals surface area contributed by atoms with E-state index in [2.05, 4.69) is 10.2 Å². The molecule has 2 aliphatic heterocycles. The third kappa shape index (κ3) is 2.22. The third-order valence-corrected chi connectivity index (χ3v) is 4.50. The van der Waals surface area contributed by atoms with Crippen LogP contribution in [0.2, 0.25) is 5.02 Å². The highest BCUT2D eigenvalue weighted by Gasteiger charge is 2.36. The standard InChI is InChI=1S/C14H19ClN2O/c1-18-14-4-2-3-13(15)12(14)9-17-7-10-5-16-6-11(10)8-17/h2-4,10-11,16H,5-9H2,1H3/t10-,11+. The second-order valence-corrected chi connectivity index (χ2v) is 5.70. The van der Waals surface area contributed by atoms with Crippen LogP contribution in [0.4, 0.5) is 0 Å². The first-order valence-corrected chi connectivity index (χ1v) is 6.90. The van der Waals surface area contributed by atoms with Gasteiger partial charge in [-0.3, -0.25) is 4.90 Å². The first-order valence-electron chi connectivity index (χ1n) is 6.52.